The molecule has 0 amide bonds. The van der Waals surface area contributed by atoms with Gasteiger partial charge in [-0.15, -0.1) is 0 Å². The van der Waals surface area contributed by atoms with Crippen LogP contribution in [0.3, 0.4) is 0 Å². The van der Waals surface area contributed by atoms with Gasteiger partial charge in [0.05, 0.1) is 0 Å². The molecular weight excluding hydrogens is 196 g/mol. The van der Waals surface area contributed by atoms with Crippen molar-refractivity contribution in [2.75, 3.05) is 26.2 Å². The summed E-state index contributed by atoms with van der Waals surface area (Å²) in [5, 5.41) is 35.1. The third-order valence-electron chi connectivity index (χ3n) is 1.25. The van der Waals surface area contributed by atoms with Crippen molar-refractivity contribution in [1.29, 1.82) is 0 Å². The summed E-state index contributed by atoms with van der Waals surface area (Å²) in [7, 11) is 0. The van der Waals surface area contributed by atoms with Crippen LogP contribution in [-0.2, 0) is 9.59 Å². The Kier molecular flexibility index (Phi) is 5.72. The number of hydroxylamine groups is 4. The van der Waals surface area contributed by atoms with Gasteiger partial charge in [0, 0.05) is 13.1 Å². The maximum Gasteiger partial charge on any atom is 0.320 e. The summed E-state index contributed by atoms with van der Waals surface area (Å²) in [6, 6.07) is 0. The van der Waals surface area contributed by atoms with Crippen LogP contribution in [-0.4, -0.2) is 68.9 Å². The van der Waals surface area contributed by atoms with Crippen molar-refractivity contribution in [2.45, 2.75) is 0 Å². The van der Waals surface area contributed by atoms with Crippen LogP contribution in [0.1, 0.15) is 0 Å². The minimum absolute atomic E-state index is 0.157. The highest BCUT2D eigenvalue weighted by Crippen LogP contribution is 1.86. The molecule has 0 heterocycles. The van der Waals surface area contributed by atoms with Crippen molar-refractivity contribution in [1.82, 2.24) is 10.1 Å². The third-order valence-corrected chi connectivity index (χ3v) is 1.25. The molecule has 0 saturated carbocycles. The standard InChI is InChI=1S/C6H12N2O6/c9-5(10)3-7(13)1-2-8(14)4-6(11)12/h13-14H,1-4H2,(H,9,10)(H,11,12). The Labute approximate surface area is 79.5 Å². The predicted octanol–water partition coefficient (Wildman–Crippen LogP) is -1.46. The lowest BCUT2D eigenvalue weighted by Crippen LogP contribution is -2.36. The van der Waals surface area contributed by atoms with Crippen molar-refractivity contribution in [3.8, 4) is 0 Å². The van der Waals surface area contributed by atoms with Gasteiger partial charge in [-0.3, -0.25) is 9.59 Å². The zero-order valence-corrected chi connectivity index (χ0v) is 7.33. The van der Waals surface area contributed by atoms with E-state index in [0.29, 0.717) is 10.1 Å². The number of hydrogen-bond donors (Lipinski definition) is 4. The topological polar surface area (TPSA) is 122 Å². The molecule has 0 rings (SSSR count). The molecule has 82 valence electrons. The summed E-state index contributed by atoms with van der Waals surface area (Å²) in [5.74, 6) is -2.43. The molecule has 0 aromatic carbocycles. The Morgan fingerprint density at radius 3 is 1.36 bits per heavy atom. The molecule has 0 aromatic rings. The van der Waals surface area contributed by atoms with E-state index in [1.165, 1.54) is 0 Å². The second-order valence-electron chi connectivity index (χ2n) is 2.56. The number of nitrogens with zero attached hydrogens (tertiary/aromatic N) is 2. The maximum atomic E-state index is 10.1. The SMILES string of the molecule is O=C(O)CN(O)CCN(O)CC(=O)O. The van der Waals surface area contributed by atoms with Gasteiger partial charge in [-0.2, -0.15) is 10.1 Å². The molecule has 0 aliphatic rings. The number of carbonyl (C=O) groups is 2. The average molecular weight is 208 g/mol. The average Bonchev–Trinajstić information content (AvgIpc) is 1.98. The normalized spacial score (nSPS) is 10.9. The van der Waals surface area contributed by atoms with Gasteiger partial charge in [0.2, 0.25) is 0 Å². The number of aliphatic carboxylic acids is 2. The first kappa shape index (κ1) is 12.8. The summed E-state index contributed by atoms with van der Waals surface area (Å²) >= 11 is 0. The first-order valence-corrected chi connectivity index (χ1v) is 3.73. The van der Waals surface area contributed by atoms with Gasteiger partial charge in [-0.25, -0.2) is 0 Å². The van der Waals surface area contributed by atoms with Crippen LogP contribution < -0.4 is 0 Å². The van der Waals surface area contributed by atoms with Gasteiger partial charge in [0.15, 0.2) is 0 Å². The smallest absolute Gasteiger partial charge is 0.320 e. The maximum absolute atomic E-state index is 10.1. The highest BCUT2D eigenvalue weighted by Gasteiger charge is 2.10. The van der Waals surface area contributed by atoms with Gasteiger partial charge >= 0.3 is 11.9 Å². The molecule has 14 heavy (non-hydrogen) atoms. The largest absolute Gasteiger partial charge is 0.480 e. The van der Waals surface area contributed by atoms with E-state index in [-0.39, 0.29) is 13.1 Å². The van der Waals surface area contributed by atoms with Crippen LogP contribution in [0.2, 0.25) is 0 Å². The fourth-order valence-electron chi connectivity index (χ4n) is 0.701. The minimum Gasteiger partial charge on any atom is -0.480 e. The third kappa shape index (κ3) is 7.43. The van der Waals surface area contributed by atoms with Crippen LogP contribution in [0.25, 0.3) is 0 Å². The van der Waals surface area contributed by atoms with E-state index < -0.39 is 25.0 Å². The monoisotopic (exact) mass is 208 g/mol. The van der Waals surface area contributed by atoms with Gasteiger partial charge in [0.25, 0.3) is 0 Å². The molecule has 0 unspecified atom stereocenters. The highest BCUT2D eigenvalue weighted by atomic mass is 16.5. The van der Waals surface area contributed by atoms with Crippen molar-refractivity contribution in [3.63, 3.8) is 0 Å². The molecule has 8 nitrogen and oxygen atoms in total. The van der Waals surface area contributed by atoms with Gasteiger partial charge in [0.1, 0.15) is 13.1 Å². The van der Waals surface area contributed by atoms with E-state index in [1.807, 2.05) is 0 Å². The van der Waals surface area contributed by atoms with Crippen molar-refractivity contribution < 1.29 is 30.2 Å². The van der Waals surface area contributed by atoms with Crippen LogP contribution in [0.15, 0.2) is 0 Å². The first-order chi connectivity index (χ1) is 6.41. The lowest BCUT2D eigenvalue weighted by atomic mass is 10.5. The molecular formula is C6H12N2O6. The van der Waals surface area contributed by atoms with Crippen LogP contribution in [0, 0.1) is 0 Å². The van der Waals surface area contributed by atoms with Gasteiger partial charge in [-0.1, -0.05) is 0 Å². The Morgan fingerprint density at radius 2 is 1.14 bits per heavy atom. The Hall–Kier alpha value is -1.22. The molecule has 0 bridgehead atoms. The predicted molar refractivity (Wildman–Crippen MR) is 42.0 cm³/mol. The van der Waals surface area contributed by atoms with E-state index in [1.54, 1.807) is 0 Å². The highest BCUT2D eigenvalue weighted by molar-refractivity contribution is 5.69. The fraction of sp³-hybridized carbons (Fsp3) is 0.667. The molecule has 0 radical (unpaired) electrons. The van der Waals surface area contributed by atoms with Gasteiger partial charge < -0.3 is 20.6 Å². The van der Waals surface area contributed by atoms with Crippen molar-refractivity contribution >= 4 is 11.9 Å². The number of carboxylic acids is 2. The zero-order valence-electron chi connectivity index (χ0n) is 7.33. The van der Waals surface area contributed by atoms with Crippen molar-refractivity contribution in [3.05, 3.63) is 0 Å². The fourth-order valence-corrected chi connectivity index (χ4v) is 0.701. The second-order valence-corrected chi connectivity index (χ2v) is 2.56. The number of rotatable bonds is 7. The summed E-state index contributed by atoms with van der Waals surface area (Å²) in [6.45, 7) is -1.48. The Morgan fingerprint density at radius 1 is 0.857 bits per heavy atom. The van der Waals surface area contributed by atoms with Gasteiger partial charge in [-0.05, 0) is 0 Å². The summed E-state index contributed by atoms with van der Waals surface area (Å²) in [6.07, 6.45) is 0. The Balaban J connectivity index is 3.60. The van der Waals surface area contributed by atoms with Crippen LogP contribution >= 0.6 is 0 Å². The molecule has 0 aromatic heterocycles. The van der Waals surface area contributed by atoms with E-state index >= 15 is 0 Å². The second kappa shape index (κ2) is 6.27. The molecule has 4 N–H and O–H groups in total. The van der Waals surface area contributed by atoms with E-state index in [9.17, 15) is 9.59 Å². The Bertz CT molecular complexity index is 186. The number of hydrogen-bond acceptors (Lipinski definition) is 6. The number of carboxylic acid groups (broad SMARTS) is 2. The van der Waals surface area contributed by atoms with Crippen LogP contribution in [0.4, 0.5) is 0 Å². The summed E-state index contributed by atoms with van der Waals surface area (Å²) in [4.78, 5) is 20.1. The zero-order chi connectivity index (χ0) is 11.1. The first-order valence-electron chi connectivity index (χ1n) is 3.73. The van der Waals surface area contributed by atoms with E-state index in [4.69, 9.17) is 20.6 Å². The molecule has 0 fully saturated rings. The summed E-state index contributed by atoms with van der Waals surface area (Å²) < 4.78 is 0. The quantitative estimate of drug-likeness (QED) is 0.374. The molecule has 0 spiro atoms. The molecule has 0 aliphatic heterocycles. The molecule has 8 heteroatoms. The van der Waals surface area contributed by atoms with Crippen LogP contribution in [0.5, 0.6) is 0 Å². The lowest BCUT2D eigenvalue weighted by molar-refractivity contribution is -0.168. The van der Waals surface area contributed by atoms with E-state index in [0.717, 1.165) is 0 Å². The molecule has 0 aliphatic carbocycles. The minimum atomic E-state index is -1.21. The molecule has 0 atom stereocenters. The summed E-state index contributed by atoms with van der Waals surface area (Å²) in [5.41, 5.74) is 0. The molecule has 0 saturated heterocycles. The van der Waals surface area contributed by atoms with E-state index in [2.05, 4.69) is 0 Å². The van der Waals surface area contributed by atoms with Crippen molar-refractivity contribution in [2.24, 2.45) is 0 Å². The lowest BCUT2D eigenvalue weighted by Gasteiger charge is -2.16.